The monoisotopic (exact) mass is 450 g/mol. The van der Waals surface area contributed by atoms with Crippen molar-refractivity contribution in [2.75, 3.05) is 0 Å². The van der Waals surface area contributed by atoms with Crippen LogP contribution < -0.4 is 4.74 Å². The second kappa shape index (κ2) is 9.82. The molecule has 0 bridgehead atoms. The van der Waals surface area contributed by atoms with E-state index in [1.165, 1.54) is 6.07 Å². The SMILES string of the molecule is CC1CC=C(C2C=CC(C(O)Oc3ccc(C4CCCCC4)c(F)c3F)CC2)C(F)=C1F. The summed E-state index contributed by atoms with van der Waals surface area (Å²) < 4.78 is 63.0. The molecule has 0 amide bonds. The number of hydrogen-bond acceptors (Lipinski definition) is 2. The second-order valence-electron chi connectivity index (χ2n) is 9.31. The third-order valence-electron chi connectivity index (χ3n) is 7.12. The molecule has 32 heavy (non-hydrogen) atoms. The minimum absolute atomic E-state index is 0.0202. The summed E-state index contributed by atoms with van der Waals surface area (Å²) in [5.74, 6) is -4.95. The Morgan fingerprint density at radius 3 is 2.38 bits per heavy atom. The van der Waals surface area contributed by atoms with Gasteiger partial charge in [0.05, 0.1) is 0 Å². The maximum atomic E-state index is 14.7. The highest BCUT2D eigenvalue weighted by Crippen LogP contribution is 2.40. The second-order valence-corrected chi connectivity index (χ2v) is 9.31. The molecule has 3 aliphatic carbocycles. The van der Waals surface area contributed by atoms with Crippen molar-refractivity contribution in [3.8, 4) is 5.75 Å². The van der Waals surface area contributed by atoms with Crippen LogP contribution in [0.3, 0.4) is 0 Å². The van der Waals surface area contributed by atoms with Crippen LogP contribution in [0.5, 0.6) is 5.75 Å². The first-order valence-corrected chi connectivity index (χ1v) is 11.6. The van der Waals surface area contributed by atoms with Crippen molar-refractivity contribution in [2.24, 2.45) is 17.8 Å². The Morgan fingerprint density at radius 2 is 1.69 bits per heavy atom. The lowest BCUT2D eigenvalue weighted by Crippen LogP contribution is -2.28. The molecule has 1 aromatic carbocycles. The largest absolute Gasteiger partial charge is 0.461 e. The Balaban J connectivity index is 1.41. The molecule has 1 N–H and O–H groups in total. The van der Waals surface area contributed by atoms with E-state index < -0.39 is 41.4 Å². The quantitative estimate of drug-likeness (QED) is 0.288. The first-order valence-electron chi connectivity index (χ1n) is 11.6. The highest BCUT2D eigenvalue weighted by atomic mass is 19.2. The molecule has 6 heteroatoms. The number of allylic oxidation sites excluding steroid dienone is 5. The lowest BCUT2D eigenvalue weighted by Gasteiger charge is -2.29. The van der Waals surface area contributed by atoms with Gasteiger partial charge in [-0.3, -0.25) is 0 Å². The minimum Gasteiger partial charge on any atom is -0.461 e. The van der Waals surface area contributed by atoms with Crippen LogP contribution in [0.1, 0.15) is 69.8 Å². The van der Waals surface area contributed by atoms with Gasteiger partial charge in [-0.1, -0.05) is 50.5 Å². The van der Waals surface area contributed by atoms with Crippen molar-refractivity contribution in [2.45, 2.75) is 70.5 Å². The number of hydrogen-bond donors (Lipinski definition) is 1. The maximum absolute atomic E-state index is 14.7. The van der Waals surface area contributed by atoms with E-state index in [9.17, 15) is 22.7 Å². The molecule has 0 saturated heterocycles. The number of ether oxygens (including phenoxy) is 1. The average Bonchev–Trinajstić information content (AvgIpc) is 2.81. The summed E-state index contributed by atoms with van der Waals surface area (Å²) in [6, 6.07) is 2.95. The third-order valence-corrected chi connectivity index (χ3v) is 7.12. The van der Waals surface area contributed by atoms with Crippen molar-refractivity contribution in [1.29, 1.82) is 0 Å². The van der Waals surface area contributed by atoms with Crippen LogP contribution in [0, 0.1) is 29.4 Å². The van der Waals surface area contributed by atoms with E-state index in [2.05, 4.69) is 0 Å². The molecule has 0 radical (unpaired) electrons. The van der Waals surface area contributed by atoms with Crippen LogP contribution >= 0.6 is 0 Å². The fourth-order valence-corrected chi connectivity index (χ4v) is 5.09. The van der Waals surface area contributed by atoms with Crippen LogP contribution in [0.4, 0.5) is 17.6 Å². The Bertz CT molecular complexity index is 930. The normalized spacial score (nSPS) is 27.9. The zero-order chi connectivity index (χ0) is 22.8. The van der Waals surface area contributed by atoms with Gasteiger partial charge in [-0.25, -0.2) is 13.2 Å². The molecule has 0 heterocycles. The summed E-state index contributed by atoms with van der Waals surface area (Å²) in [7, 11) is 0. The van der Waals surface area contributed by atoms with Gasteiger partial charge >= 0.3 is 0 Å². The fourth-order valence-electron chi connectivity index (χ4n) is 5.09. The molecule has 0 aromatic heterocycles. The number of benzene rings is 1. The van der Waals surface area contributed by atoms with Gasteiger partial charge < -0.3 is 9.84 Å². The van der Waals surface area contributed by atoms with Gasteiger partial charge in [0, 0.05) is 17.8 Å². The number of halogens is 4. The van der Waals surface area contributed by atoms with E-state index in [1.54, 1.807) is 31.2 Å². The molecular formula is C26H30F4O2. The first-order chi connectivity index (χ1) is 15.4. The molecule has 0 spiro atoms. The van der Waals surface area contributed by atoms with Crippen molar-refractivity contribution >= 4 is 0 Å². The van der Waals surface area contributed by atoms with Gasteiger partial charge in [-0.05, 0) is 55.2 Å². The Kier molecular flexibility index (Phi) is 7.08. The molecule has 1 saturated carbocycles. The fraction of sp³-hybridized carbons (Fsp3) is 0.538. The average molecular weight is 451 g/mol. The smallest absolute Gasteiger partial charge is 0.203 e. The van der Waals surface area contributed by atoms with E-state index in [4.69, 9.17) is 4.74 Å². The molecule has 1 aromatic rings. The van der Waals surface area contributed by atoms with Crippen LogP contribution in [0.2, 0.25) is 0 Å². The van der Waals surface area contributed by atoms with Crippen LogP contribution in [0.15, 0.2) is 47.6 Å². The van der Waals surface area contributed by atoms with Crippen molar-refractivity contribution in [3.63, 3.8) is 0 Å². The predicted octanol–water partition coefficient (Wildman–Crippen LogP) is 7.41. The van der Waals surface area contributed by atoms with E-state index >= 15 is 0 Å². The molecule has 4 unspecified atom stereocenters. The molecule has 3 aliphatic rings. The highest BCUT2D eigenvalue weighted by molar-refractivity contribution is 5.37. The Hall–Kier alpha value is -2.08. The molecule has 4 rings (SSSR count). The lowest BCUT2D eigenvalue weighted by atomic mass is 9.80. The zero-order valence-corrected chi connectivity index (χ0v) is 18.3. The number of aliphatic hydroxyl groups excluding tert-OH is 1. The Morgan fingerprint density at radius 1 is 0.938 bits per heavy atom. The summed E-state index contributed by atoms with van der Waals surface area (Å²) in [5, 5.41) is 10.5. The van der Waals surface area contributed by atoms with Crippen LogP contribution in [-0.4, -0.2) is 11.4 Å². The molecule has 4 atom stereocenters. The predicted molar refractivity (Wildman–Crippen MR) is 115 cm³/mol. The van der Waals surface area contributed by atoms with Crippen molar-refractivity contribution in [3.05, 3.63) is 64.8 Å². The molecular weight excluding hydrogens is 420 g/mol. The maximum Gasteiger partial charge on any atom is 0.203 e. The topological polar surface area (TPSA) is 29.5 Å². The van der Waals surface area contributed by atoms with Gasteiger partial charge in [0.1, 0.15) is 5.83 Å². The Labute approximate surface area is 186 Å². The van der Waals surface area contributed by atoms with Gasteiger partial charge in [0.15, 0.2) is 17.4 Å². The van der Waals surface area contributed by atoms with Gasteiger partial charge in [0.2, 0.25) is 12.1 Å². The summed E-state index contributed by atoms with van der Waals surface area (Å²) in [6.07, 6.45) is 10.1. The third kappa shape index (κ3) is 4.66. The summed E-state index contributed by atoms with van der Waals surface area (Å²) in [5.41, 5.74) is 0.721. The molecule has 174 valence electrons. The standard InChI is InChI=1S/C26H30F4O2/c1-15-7-12-19(23(28)22(15)27)17-8-10-18(11-9-17)26(31)32-21-14-13-20(24(29)25(21)30)16-5-3-2-4-6-16/h8,10,12-18,26,31H,2-7,9,11H2,1H3. The van der Waals surface area contributed by atoms with Gasteiger partial charge in [-0.2, -0.15) is 4.39 Å². The van der Waals surface area contributed by atoms with E-state index in [-0.39, 0.29) is 17.6 Å². The zero-order valence-electron chi connectivity index (χ0n) is 18.3. The summed E-state index contributed by atoms with van der Waals surface area (Å²) in [6.45, 7) is 1.65. The van der Waals surface area contributed by atoms with E-state index in [1.807, 2.05) is 0 Å². The summed E-state index contributed by atoms with van der Waals surface area (Å²) in [4.78, 5) is 0. The minimum atomic E-state index is -1.36. The summed E-state index contributed by atoms with van der Waals surface area (Å²) >= 11 is 0. The van der Waals surface area contributed by atoms with E-state index in [0.29, 0.717) is 30.4 Å². The van der Waals surface area contributed by atoms with Crippen molar-refractivity contribution < 1.29 is 27.4 Å². The molecule has 2 nitrogen and oxygen atoms in total. The lowest BCUT2D eigenvalue weighted by molar-refractivity contribution is -0.0549. The van der Waals surface area contributed by atoms with Gasteiger partial charge in [0.25, 0.3) is 0 Å². The highest BCUT2D eigenvalue weighted by Gasteiger charge is 2.31. The van der Waals surface area contributed by atoms with Crippen molar-refractivity contribution in [1.82, 2.24) is 0 Å². The van der Waals surface area contributed by atoms with Gasteiger partial charge in [-0.15, -0.1) is 0 Å². The number of aliphatic hydroxyl groups is 1. The molecule has 1 fully saturated rings. The van der Waals surface area contributed by atoms with E-state index in [0.717, 1.165) is 32.1 Å². The van der Waals surface area contributed by atoms with Crippen LogP contribution in [-0.2, 0) is 0 Å². The molecule has 0 aliphatic heterocycles. The van der Waals surface area contributed by atoms with Crippen LogP contribution in [0.25, 0.3) is 0 Å². The first kappa shape index (κ1) is 23.1. The number of rotatable bonds is 5.